The SMILES string of the molecule is Cc1cc(-n2nccn2)cc(C(=O)CN2[C@@H]3CCC[C@H]2c2nn(C)c(-c4cc(F)c(F)c(F)c4)c2C3)n1. The topological polar surface area (TPSA) is 81.7 Å². The van der Waals surface area contributed by atoms with E-state index in [-0.39, 0.29) is 30.0 Å². The molecule has 4 aromatic rings. The summed E-state index contributed by atoms with van der Waals surface area (Å²) in [4.78, 5) is 21.5. The van der Waals surface area contributed by atoms with E-state index in [0.29, 0.717) is 29.2 Å². The number of rotatable bonds is 5. The van der Waals surface area contributed by atoms with E-state index in [1.807, 2.05) is 13.0 Å². The number of pyridine rings is 1. The lowest BCUT2D eigenvalue weighted by Crippen LogP contribution is -2.48. The number of aromatic nitrogens is 6. The predicted octanol–water partition coefficient (Wildman–Crippen LogP) is 4.12. The molecule has 2 aliphatic heterocycles. The summed E-state index contributed by atoms with van der Waals surface area (Å²) in [6.07, 6.45) is 6.39. The van der Waals surface area contributed by atoms with Crippen LogP contribution in [0.25, 0.3) is 16.9 Å². The highest BCUT2D eigenvalue weighted by Crippen LogP contribution is 2.44. The van der Waals surface area contributed by atoms with Crippen LogP contribution in [0.2, 0.25) is 0 Å². The largest absolute Gasteiger partial charge is 0.291 e. The van der Waals surface area contributed by atoms with Gasteiger partial charge >= 0.3 is 0 Å². The molecular formula is C26H24F3N7O. The van der Waals surface area contributed by atoms with E-state index in [2.05, 4.69) is 20.1 Å². The van der Waals surface area contributed by atoms with Gasteiger partial charge in [0.25, 0.3) is 0 Å². The highest BCUT2D eigenvalue weighted by atomic mass is 19.2. The molecule has 5 heterocycles. The number of halogens is 3. The van der Waals surface area contributed by atoms with Gasteiger partial charge in [-0.3, -0.25) is 14.4 Å². The zero-order valence-corrected chi connectivity index (χ0v) is 20.3. The van der Waals surface area contributed by atoms with E-state index in [0.717, 1.165) is 42.7 Å². The van der Waals surface area contributed by atoms with Crippen LogP contribution in [0.3, 0.4) is 0 Å². The molecule has 6 rings (SSSR count). The zero-order valence-electron chi connectivity index (χ0n) is 20.3. The smallest absolute Gasteiger partial charge is 0.195 e. The molecule has 8 nitrogen and oxygen atoms in total. The molecule has 0 unspecified atom stereocenters. The van der Waals surface area contributed by atoms with Crippen LogP contribution in [0.1, 0.15) is 52.7 Å². The highest BCUT2D eigenvalue weighted by Gasteiger charge is 2.42. The quantitative estimate of drug-likeness (QED) is 0.299. The van der Waals surface area contributed by atoms with Crippen LogP contribution in [0.4, 0.5) is 13.2 Å². The van der Waals surface area contributed by atoms with Crippen LogP contribution in [-0.4, -0.2) is 53.0 Å². The molecule has 1 fully saturated rings. The van der Waals surface area contributed by atoms with E-state index in [9.17, 15) is 18.0 Å². The third-order valence-electron chi connectivity index (χ3n) is 7.27. The molecule has 37 heavy (non-hydrogen) atoms. The van der Waals surface area contributed by atoms with E-state index in [1.165, 1.54) is 4.80 Å². The van der Waals surface area contributed by atoms with Gasteiger partial charge in [0.05, 0.1) is 42.1 Å². The van der Waals surface area contributed by atoms with Gasteiger partial charge in [-0.1, -0.05) is 0 Å². The fourth-order valence-corrected chi connectivity index (χ4v) is 5.74. The fourth-order valence-electron chi connectivity index (χ4n) is 5.74. The number of fused-ring (bicyclic) bond motifs is 4. The van der Waals surface area contributed by atoms with Crippen molar-refractivity contribution < 1.29 is 18.0 Å². The van der Waals surface area contributed by atoms with Gasteiger partial charge in [-0.05, 0) is 56.9 Å². The van der Waals surface area contributed by atoms with Gasteiger partial charge < -0.3 is 0 Å². The maximum absolute atomic E-state index is 14.0. The Balaban J connectivity index is 1.33. The molecule has 0 spiro atoms. The van der Waals surface area contributed by atoms with Crippen LogP contribution in [-0.2, 0) is 13.5 Å². The van der Waals surface area contributed by atoms with Gasteiger partial charge in [0.15, 0.2) is 23.2 Å². The maximum Gasteiger partial charge on any atom is 0.195 e. The second-order valence-corrected chi connectivity index (χ2v) is 9.66. The first-order valence-electron chi connectivity index (χ1n) is 12.1. The number of hydrogen-bond acceptors (Lipinski definition) is 6. The van der Waals surface area contributed by atoms with Crippen LogP contribution in [0, 0.1) is 24.4 Å². The molecule has 0 radical (unpaired) electrons. The van der Waals surface area contributed by atoms with E-state index < -0.39 is 17.5 Å². The lowest BCUT2D eigenvalue weighted by atomic mass is 9.81. The Kier molecular flexibility index (Phi) is 5.67. The van der Waals surface area contributed by atoms with Crippen molar-refractivity contribution in [1.82, 2.24) is 34.7 Å². The lowest BCUT2D eigenvalue weighted by molar-refractivity contribution is 0.0559. The standard InChI is InChI=1S/C26H24F3N7O/c1-14-8-17(36-30-6-7-31-36)12-21(32-14)23(37)13-35-16-4-3-5-22(35)25-18(11-16)26(34(2)33-25)15-9-19(27)24(29)20(28)10-15/h6-10,12,16,22H,3-5,11,13H2,1-2H3/t16-,22+/m1/s1. The van der Waals surface area contributed by atoms with Gasteiger partial charge in [-0.15, -0.1) is 0 Å². The van der Waals surface area contributed by atoms with Crippen molar-refractivity contribution in [2.45, 2.75) is 44.7 Å². The summed E-state index contributed by atoms with van der Waals surface area (Å²) in [5, 5.41) is 13.0. The number of piperidine rings is 1. The van der Waals surface area contributed by atoms with Crippen LogP contribution >= 0.6 is 0 Å². The lowest BCUT2D eigenvalue weighted by Gasteiger charge is -2.45. The van der Waals surface area contributed by atoms with Crippen molar-refractivity contribution >= 4 is 5.78 Å². The van der Waals surface area contributed by atoms with Crippen LogP contribution in [0.5, 0.6) is 0 Å². The summed E-state index contributed by atoms with van der Waals surface area (Å²) in [5.74, 6) is -4.07. The van der Waals surface area contributed by atoms with Crippen molar-refractivity contribution in [1.29, 1.82) is 0 Å². The number of nitrogens with zero attached hydrogens (tertiary/aromatic N) is 7. The molecule has 11 heteroatoms. The Morgan fingerprint density at radius 3 is 2.51 bits per heavy atom. The van der Waals surface area contributed by atoms with E-state index in [4.69, 9.17) is 5.10 Å². The Morgan fingerprint density at radius 2 is 1.78 bits per heavy atom. The molecule has 1 aromatic carbocycles. The summed E-state index contributed by atoms with van der Waals surface area (Å²) < 4.78 is 43.3. The summed E-state index contributed by atoms with van der Waals surface area (Å²) in [6.45, 7) is 1.99. The average Bonchev–Trinajstić information content (AvgIpc) is 3.50. The minimum atomic E-state index is -1.49. The molecule has 0 amide bonds. The van der Waals surface area contributed by atoms with Crippen molar-refractivity contribution in [3.8, 4) is 16.9 Å². The fraction of sp³-hybridized carbons (Fsp3) is 0.346. The normalized spacial score (nSPS) is 19.2. The van der Waals surface area contributed by atoms with Gasteiger partial charge in [-0.2, -0.15) is 20.1 Å². The van der Waals surface area contributed by atoms with Crippen molar-refractivity contribution in [3.63, 3.8) is 0 Å². The van der Waals surface area contributed by atoms with Crippen LogP contribution in [0.15, 0.2) is 36.7 Å². The number of carbonyl (C=O) groups excluding carboxylic acids is 1. The zero-order chi connectivity index (χ0) is 25.8. The number of Topliss-reactive ketones (excluding diaryl/α,β-unsaturated/α-hetero) is 1. The van der Waals surface area contributed by atoms with E-state index >= 15 is 0 Å². The van der Waals surface area contributed by atoms with Gasteiger partial charge in [0, 0.05) is 29.9 Å². The molecule has 0 saturated carbocycles. The molecule has 2 aliphatic rings. The first-order valence-corrected chi connectivity index (χ1v) is 12.1. The van der Waals surface area contributed by atoms with Crippen molar-refractivity contribution in [3.05, 3.63) is 76.8 Å². The van der Waals surface area contributed by atoms with Crippen LogP contribution < -0.4 is 0 Å². The number of benzene rings is 1. The third-order valence-corrected chi connectivity index (χ3v) is 7.27. The Labute approximate surface area is 210 Å². The average molecular weight is 508 g/mol. The predicted molar refractivity (Wildman–Crippen MR) is 128 cm³/mol. The third kappa shape index (κ3) is 4.03. The first-order chi connectivity index (χ1) is 17.8. The Hall–Kier alpha value is -3.86. The molecule has 1 saturated heterocycles. The van der Waals surface area contributed by atoms with E-state index in [1.54, 1.807) is 30.2 Å². The second kappa shape index (κ2) is 8.91. The van der Waals surface area contributed by atoms with Gasteiger partial charge in [-0.25, -0.2) is 18.2 Å². The number of ketones is 1. The van der Waals surface area contributed by atoms with Gasteiger partial charge in [0.1, 0.15) is 5.69 Å². The summed E-state index contributed by atoms with van der Waals surface area (Å²) >= 11 is 0. The Morgan fingerprint density at radius 1 is 1.05 bits per heavy atom. The minimum absolute atomic E-state index is 0.0605. The van der Waals surface area contributed by atoms with Gasteiger partial charge in [0.2, 0.25) is 0 Å². The number of aryl methyl sites for hydroxylation is 2. The molecule has 2 atom stereocenters. The molecular weight excluding hydrogens is 483 g/mol. The monoisotopic (exact) mass is 507 g/mol. The van der Waals surface area contributed by atoms with Crippen molar-refractivity contribution in [2.24, 2.45) is 7.05 Å². The summed E-state index contributed by atoms with van der Waals surface area (Å²) in [6, 6.07) is 5.48. The molecule has 0 aliphatic carbocycles. The minimum Gasteiger partial charge on any atom is -0.291 e. The second-order valence-electron chi connectivity index (χ2n) is 9.66. The molecule has 3 aromatic heterocycles. The molecule has 2 bridgehead atoms. The Bertz CT molecular complexity index is 1490. The summed E-state index contributed by atoms with van der Waals surface area (Å²) in [7, 11) is 1.72. The molecule has 0 N–H and O–H groups in total. The number of carbonyl (C=O) groups is 1. The number of hydrogen-bond donors (Lipinski definition) is 0. The summed E-state index contributed by atoms with van der Waals surface area (Å²) in [5.41, 5.74) is 4.21. The first kappa shape index (κ1) is 23.5. The molecule has 190 valence electrons. The highest BCUT2D eigenvalue weighted by molar-refractivity contribution is 5.96. The van der Waals surface area contributed by atoms with Crippen molar-refractivity contribution in [2.75, 3.05) is 6.54 Å². The maximum atomic E-state index is 14.0.